The summed E-state index contributed by atoms with van der Waals surface area (Å²) in [4.78, 5) is 26.2. The van der Waals surface area contributed by atoms with Gasteiger partial charge in [0.15, 0.2) is 0 Å². The molecule has 1 fully saturated rings. The first-order valence-corrected chi connectivity index (χ1v) is 9.36. The van der Waals surface area contributed by atoms with Crippen molar-refractivity contribution in [1.29, 1.82) is 0 Å². The maximum atomic E-state index is 12.6. The van der Waals surface area contributed by atoms with Gasteiger partial charge in [0, 0.05) is 5.02 Å². The van der Waals surface area contributed by atoms with E-state index in [1.54, 1.807) is 42.5 Å². The SMILES string of the molecule is O=C1S/C(=C\c2cc(Br)c(O)c(Br)c2)C(=O)N1c1ccc(Cl)cc1. The second-order valence-electron chi connectivity index (χ2n) is 4.83. The maximum absolute atomic E-state index is 12.6. The van der Waals surface area contributed by atoms with Crippen molar-refractivity contribution in [3.05, 3.63) is 60.8 Å². The maximum Gasteiger partial charge on any atom is 0.298 e. The molecule has 0 atom stereocenters. The molecule has 24 heavy (non-hydrogen) atoms. The van der Waals surface area contributed by atoms with Gasteiger partial charge in [-0.15, -0.1) is 0 Å². The molecule has 0 spiro atoms. The lowest BCUT2D eigenvalue weighted by atomic mass is 10.2. The van der Waals surface area contributed by atoms with Gasteiger partial charge in [0.25, 0.3) is 11.1 Å². The highest BCUT2D eigenvalue weighted by Crippen LogP contribution is 2.38. The Hall–Kier alpha value is -1.28. The van der Waals surface area contributed by atoms with Gasteiger partial charge in [-0.05, 0) is 91.7 Å². The fourth-order valence-electron chi connectivity index (χ4n) is 2.10. The highest BCUT2D eigenvalue weighted by atomic mass is 79.9. The van der Waals surface area contributed by atoms with Gasteiger partial charge in [-0.1, -0.05) is 11.6 Å². The molecule has 1 heterocycles. The monoisotopic (exact) mass is 487 g/mol. The minimum atomic E-state index is -0.396. The molecule has 1 aliphatic heterocycles. The van der Waals surface area contributed by atoms with Crippen molar-refractivity contribution in [2.24, 2.45) is 0 Å². The summed E-state index contributed by atoms with van der Waals surface area (Å²) in [7, 11) is 0. The number of imide groups is 1. The third-order valence-corrected chi connectivity index (χ3v) is 5.55. The summed E-state index contributed by atoms with van der Waals surface area (Å²) in [5.41, 5.74) is 1.14. The van der Waals surface area contributed by atoms with Gasteiger partial charge in [0.1, 0.15) is 5.75 Å². The molecule has 0 radical (unpaired) electrons. The summed E-state index contributed by atoms with van der Waals surface area (Å²) in [5, 5.41) is 9.90. The molecule has 4 nitrogen and oxygen atoms in total. The summed E-state index contributed by atoms with van der Waals surface area (Å²) < 4.78 is 0.972. The average molecular weight is 490 g/mol. The molecule has 3 rings (SSSR count). The van der Waals surface area contributed by atoms with Crippen LogP contribution in [0.3, 0.4) is 0 Å². The summed E-state index contributed by atoms with van der Waals surface area (Å²) >= 11 is 13.2. The first kappa shape index (κ1) is 17.5. The van der Waals surface area contributed by atoms with Crippen LogP contribution < -0.4 is 4.90 Å². The second kappa shape index (κ2) is 6.92. The molecule has 1 saturated heterocycles. The van der Waals surface area contributed by atoms with Crippen LogP contribution in [0.1, 0.15) is 5.56 Å². The molecular formula is C16H8Br2ClNO3S. The summed E-state index contributed by atoms with van der Waals surface area (Å²) in [6.45, 7) is 0. The topological polar surface area (TPSA) is 57.6 Å². The number of rotatable bonds is 2. The van der Waals surface area contributed by atoms with Gasteiger partial charge in [-0.25, -0.2) is 4.90 Å². The number of halogens is 3. The van der Waals surface area contributed by atoms with Crippen LogP contribution in [0, 0.1) is 0 Å². The molecule has 0 aliphatic carbocycles. The van der Waals surface area contributed by atoms with Gasteiger partial charge < -0.3 is 5.11 Å². The zero-order chi connectivity index (χ0) is 17.4. The van der Waals surface area contributed by atoms with E-state index in [9.17, 15) is 14.7 Å². The number of nitrogens with zero attached hydrogens (tertiary/aromatic N) is 1. The van der Waals surface area contributed by atoms with Gasteiger partial charge in [0.2, 0.25) is 0 Å². The van der Waals surface area contributed by atoms with E-state index in [0.717, 1.165) is 16.7 Å². The fraction of sp³-hybridized carbons (Fsp3) is 0. The van der Waals surface area contributed by atoms with Crippen LogP contribution in [-0.2, 0) is 4.79 Å². The minimum absolute atomic E-state index is 0.0708. The lowest BCUT2D eigenvalue weighted by molar-refractivity contribution is -0.113. The molecular weight excluding hydrogens is 482 g/mol. The van der Waals surface area contributed by atoms with Gasteiger partial charge in [0.05, 0.1) is 19.5 Å². The third kappa shape index (κ3) is 3.39. The molecule has 122 valence electrons. The Bertz CT molecular complexity index is 860. The highest BCUT2D eigenvalue weighted by Gasteiger charge is 2.36. The number of anilines is 1. The fourth-order valence-corrected chi connectivity index (χ4v) is 4.29. The number of carbonyl (C=O) groups is 2. The zero-order valence-electron chi connectivity index (χ0n) is 11.8. The predicted octanol–water partition coefficient (Wildman–Crippen LogP) is 5.81. The lowest BCUT2D eigenvalue weighted by Gasteiger charge is -2.12. The van der Waals surface area contributed by atoms with E-state index in [-0.39, 0.29) is 11.0 Å². The summed E-state index contributed by atoms with van der Waals surface area (Å²) in [6.07, 6.45) is 1.61. The molecule has 2 amide bonds. The average Bonchev–Trinajstić information content (AvgIpc) is 2.80. The standard InChI is InChI=1S/C16H8Br2ClNO3S/c17-11-5-8(6-12(18)14(11)21)7-13-15(22)20(16(23)24-13)10-3-1-9(19)2-4-10/h1-7,21H/b13-7-. The van der Waals surface area contributed by atoms with Crippen LogP contribution in [0.15, 0.2) is 50.2 Å². The number of phenols is 1. The van der Waals surface area contributed by atoms with E-state index in [1.807, 2.05) is 0 Å². The van der Waals surface area contributed by atoms with Crippen molar-refractivity contribution in [3.8, 4) is 5.75 Å². The smallest absolute Gasteiger partial charge is 0.298 e. The van der Waals surface area contributed by atoms with Crippen molar-refractivity contribution >= 4 is 78.1 Å². The van der Waals surface area contributed by atoms with E-state index in [2.05, 4.69) is 31.9 Å². The number of thioether (sulfide) groups is 1. The van der Waals surface area contributed by atoms with Crippen LogP contribution in [0.25, 0.3) is 6.08 Å². The first-order valence-electron chi connectivity index (χ1n) is 6.58. The molecule has 2 aromatic rings. The Labute approximate surface area is 163 Å². The molecule has 0 bridgehead atoms. The Kier molecular flexibility index (Phi) is 5.05. The Morgan fingerprint density at radius 3 is 2.25 bits per heavy atom. The third-order valence-electron chi connectivity index (χ3n) is 3.22. The molecule has 1 N–H and O–H groups in total. The van der Waals surface area contributed by atoms with Crippen molar-refractivity contribution in [1.82, 2.24) is 0 Å². The number of carbonyl (C=O) groups excluding carboxylic acids is 2. The van der Waals surface area contributed by atoms with Crippen LogP contribution in [0.2, 0.25) is 5.02 Å². The van der Waals surface area contributed by atoms with Crippen LogP contribution in [0.4, 0.5) is 10.5 Å². The first-order chi connectivity index (χ1) is 11.4. The summed E-state index contributed by atoms with van der Waals surface area (Å²) in [6, 6.07) is 9.81. The second-order valence-corrected chi connectivity index (χ2v) is 7.96. The molecule has 0 aromatic heterocycles. The van der Waals surface area contributed by atoms with Gasteiger partial charge in [-0.3, -0.25) is 9.59 Å². The van der Waals surface area contributed by atoms with Crippen LogP contribution in [-0.4, -0.2) is 16.3 Å². The normalized spacial score (nSPS) is 16.3. The largest absolute Gasteiger partial charge is 0.506 e. The Balaban J connectivity index is 1.95. The number of amides is 2. The van der Waals surface area contributed by atoms with Crippen molar-refractivity contribution in [2.45, 2.75) is 0 Å². The molecule has 0 saturated carbocycles. The van der Waals surface area contributed by atoms with E-state index in [4.69, 9.17) is 11.6 Å². The molecule has 8 heteroatoms. The molecule has 1 aliphatic rings. The van der Waals surface area contributed by atoms with E-state index in [0.29, 0.717) is 30.1 Å². The van der Waals surface area contributed by atoms with Gasteiger partial charge in [-0.2, -0.15) is 0 Å². The van der Waals surface area contributed by atoms with Crippen molar-refractivity contribution < 1.29 is 14.7 Å². The number of hydrogen-bond acceptors (Lipinski definition) is 4. The van der Waals surface area contributed by atoms with Crippen LogP contribution >= 0.6 is 55.2 Å². The Morgan fingerprint density at radius 2 is 1.67 bits per heavy atom. The minimum Gasteiger partial charge on any atom is -0.506 e. The zero-order valence-corrected chi connectivity index (χ0v) is 16.5. The number of benzene rings is 2. The summed E-state index contributed by atoms with van der Waals surface area (Å²) in [5.74, 6) is -0.325. The highest BCUT2D eigenvalue weighted by molar-refractivity contribution is 9.11. The molecule has 0 unspecified atom stereocenters. The van der Waals surface area contributed by atoms with E-state index >= 15 is 0 Å². The molecule has 2 aromatic carbocycles. The number of hydrogen-bond donors (Lipinski definition) is 1. The van der Waals surface area contributed by atoms with Crippen molar-refractivity contribution in [3.63, 3.8) is 0 Å². The van der Waals surface area contributed by atoms with Gasteiger partial charge >= 0.3 is 0 Å². The Morgan fingerprint density at radius 1 is 1.08 bits per heavy atom. The van der Waals surface area contributed by atoms with Crippen molar-refractivity contribution in [2.75, 3.05) is 4.90 Å². The van der Waals surface area contributed by atoms with E-state index < -0.39 is 5.91 Å². The lowest BCUT2D eigenvalue weighted by Crippen LogP contribution is -2.27. The van der Waals surface area contributed by atoms with Crippen LogP contribution in [0.5, 0.6) is 5.75 Å². The number of aromatic hydroxyl groups is 1. The predicted molar refractivity (Wildman–Crippen MR) is 103 cm³/mol. The van der Waals surface area contributed by atoms with E-state index in [1.165, 1.54) is 0 Å². The quantitative estimate of drug-likeness (QED) is 0.541. The number of phenolic OH excluding ortho intramolecular Hbond substituents is 1.